The Kier molecular flexibility index (Phi) is 3.78. The maximum atomic E-state index is 12.2. The molecule has 1 aromatic carbocycles. The van der Waals surface area contributed by atoms with Crippen LogP contribution in [0.25, 0.3) is 0 Å². The lowest BCUT2D eigenvalue weighted by atomic mass is 10.1. The number of halogens is 3. The van der Waals surface area contributed by atoms with E-state index in [0.29, 0.717) is 30.0 Å². The van der Waals surface area contributed by atoms with E-state index in [9.17, 15) is 4.79 Å². The van der Waals surface area contributed by atoms with E-state index in [0.717, 1.165) is 0 Å². The molecule has 0 bridgehead atoms. The Hall–Kier alpha value is -0.550. The van der Waals surface area contributed by atoms with Gasteiger partial charge in [0.2, 0.25) is 0 Å². The predicted octanol–water partition coefficient (Wildman–Crippen LogP) is 4.63. The Balaban J connectivity index is 2.51. The largest absolute Gasteiger partial charge is 0.398 e. The van der Waals surface area contributed by atoms with Gasteiger partial charge in [-0.3, -0.25) is 4.79 Å². The number of carbonyl (C=O) groups is 1. The summed E-state index contributed by atoms with van der Waals surface area (Å²) in [7, 11) is 0. The number of anilines is 1. The van der Waals surface area contributed by atoms with E-state index in [1.807, 2.05) is 0 Å². The first-order valence-corrected chi connectivity index (χ1v) is 6.90. The molecule has 0 amide bonds. The van der Waals surface area contributed by atoms with E-state index in [4.69, 9.17) is 28.9 Å². The third-order valence-corrected chi connectivity index (χ3v) is 4.55. The summed E-state index contributed by atoms with van der Waals surface area (Å²) < 4.78 is 1.44. The van der Waals surface area contributed by atoms with Crippen LogP contribution in [0.5, 0.6) is 0 Å². The van der Waals surface area contributed by atoms with Crippen molar-refractivity contribution in [3.05, 3.63) is 48.5 Å². The van der Waals surface area contributed by atoms with E-state index in [-0.39, 0.29) is 5.78 Å². The van der Waals surface area contributed by atoms with E-state index >= 15 is 0 Å². The first-order chi connectivity index (χ1) is 8.00. The molecule has 0 unspecified atom stereocenters. The summed E-state index contributed by atoms with van der Waals surface area (Å²) in [6, 6.07) is 6.68. The number of hydrogen-bond donors (Lipinski definition) is 1. The first-order valence-electron chi connectivity index (χ1n) is 4.54. The van der Waals surface area contributed by atoms with Gasteiger partial charge in [-0.2, -0.15) is 0 Å². The number of ketones is 1. The number of thiophene rings is 1. The lowest BCUT2D eigenvalue weighted by molar-refractivity contribution is 0.103. The number of hydrogen-bond acceptors (Lipinski definition) is 3. The standard InChI is InChI=1S/C11H6BrCl2NOS/c12-9-5(2-1-3-7(9)15)10(16)6-4-8(13)17-11(6)14/h1-4H,15H2. The van der Waals surface area contributed by atoms with E-state index in [2.05, 4.69) is 15.9 Å². The average Bonchev–Trinajstić information content (AvgIpc) is 2.61. The Bertz CT molecular complexity index is 597. The van der Waals surface area contributed by atoms with Crippen LogP contribution in [0.15, 0.2) is 28.7 Å². The highest BCUT2D eigenvalue weighted by Gasteiger charge is 2.19. The zero-order chi connectivity index (χ0) is 12.6. The topological polar surface area (TPSA) is 43.1 Å². The molecule has 2 rings (SSSR count). The van der Waals surface area contributed by atoms with Crippen molar-refractivity contribution in [2.75, 3.05) is 5.73 Å². The average molecular weight is 351 g/mol. The SMILES string of the molecule is Nc1cccc(C(=O)c2cc(Cl)sc2Cl)c1Br. The lowest BCUT2D eigenvalue weighted by Crippen LogP contribution is -2.03. The predicted molar refractivity (Wildman–Crippen MR) is 76.3 cm³/mol. The number of nitrogens with two attached hydrogens (primary N) is 1. The Labute approximate surface area is 120 Å². The molecule has 0 spiro atoms. The maximum absolute atomic E-state index is 12.2. The highest BCUT2D eigenvalue weighted by molar-refractivity contribution is 9.10. The second-order valence-electron chi connectivity index (χ2n) is 3.28. The van der Waals surface area contributed by atoms with Gasteiger partial charge < -0.3 is 5.73 Å². The van der Waals surface area contributed by atoms with Crippen molar-refractivity contribution in [2.24, 2.45) is 0 Å². The summed E-state index contributed by atoms with van der Waals surface area (Å²) in [4.78, 5) is 12.2. The number of rotatable bonds is 2. The van der Waals surface area contributed by atoms with Gasteiger partial charge in [-0.1, -0.05) is 29.3 Å². The molecule has 1 heterocycles. The Morgan fingerprint density at radius 2 is 2.00 bits per heavy atom. The van der Waals surface area contributed by atoms with Gasteiger partial charge in [0.1, 0.15) is 4.34 Å². The lowest BCUT2D eigenvalue weighted by Gasteiger charge is -2.05. The molecule has 0 radical (unpaired) electrons. The molecule has 6 heteroatoms. The van der Waals surface area contributed by atoms with Crippen molar-refractivity contribution in [3.8, 4) is 0 Å². The second-order valence-corrected chi connectivity index (χ2v) is 6.35. The molecule has 2 nitrogen and oxygen atoms in total. The Morgan fingerprint density at radius 3 is 2.59 bits per heavy atom. The van der Waals surface area contributed by atoms with Crippen LogP contribution in [0.1, 0.15) is 15.9 Å². The van der Waals surface area contributed by atoms with Crippen molar-refractivity contribution in [1.82, 2.24) is 0 Å². The van der Waals surface area contributed by atoms with Crippen LogP contribution in [0.2, 0.25) is 8.67 Å². The second kappa shape index (κ2) is 4.98. The van der Waals surface area contributed by atoms with Gasteiger partial charge in [0, 0.05) is 11.3 Å². The number of nitrogen functional groups attached to an aromatic ring is 1. The molecule has 0 aliphatic carbocycles. The van der Waals surface area contributed by atoms with Crippen molar-refractivity contribution < 1.29 is 4.79 Å². The summed E-state index contributed by atoms with van der Waals surface area (Å²) in [5.74, 6) is -0.197. The molecule has 88 valence electrons. The zero-order valence-electron chi connectivity index (χ0n) is 8.34. The number of carbonyl (C=O) groups excluding carboxylic acids is 1. The maximum Gasteiger partial charge on any atom is 0.196 e. The molecule has 17 heavy (non-hydrogen) atoms. The zero-order valence-corrected chi connectivity index (χ0v) is 12.3. The molecule has 0 aliphatic heterocycles. The summed E-state index contributed by atoms with van der Waals surface area (Å²) in [5.41, 5.74) is 7.10. The van der Waals surface area contributed by atoms with Gasteiger partial charge in [-0.05, 0) is 34.1 Å². The third kappa shape index (κ3) is 2.50. The highest BCUT2D eigenvalue weighted by Crippen LogP contribution is 2.34. The minimum Gasteiger partial charge on any atom is -0.398 e. The molecule has 0 saturated carbocycles. The molecular formula is C11H6BrCl2NOS. The smallest absolute Gasteiger partial charge is 0.196 e. The van der Waals surface area contributed by atoms with Crippen molar-refractivity contribution in [1.29, 1.82) is 0 Å². The first kappa shape index (κ1) is 12.9. The van der Waals surface area contributed by atoms with E-state index in [1.165, 1.54) is 11.3 Å². The minimum absolute atomic E-state index is 0.197. The summed E-state index contributed by atoms with van der Waals surface area (Å²) >= 11 is 16.2. The van der Waals surface area contributed by atoms with Crippen molar-refractivity contribution in [2.45, 2.75) is 0 Å². The fraction of sp³-hybridized carbons (Fsp3) is 0. The third-order valence-electron chi connectivity index (χ3n) is 2.17. The van der Waals surface area contributed by atoms with Gasteiger partial charge in [0.25, 0.3) is 0 Å². The Morgan fingerprint density at radius 1 is 1.29 bits per heavy atom. The molecule has 1 aromatic heterocycles. The molecule has 0 saturated heterocycles. The van der Waals surface area contributed by atoms with Crippen LogP contribution >= 0.6 is 50.5 Å². The molecule has 0 fully saturated rings. The summed E-state index contributed by atoms with van der Waals surface area (Å²) in [6.45, 7) is 0. The van der Waals surface area contributed by atoms with E-state index < -0.39 is 0 Å². The summed E-state index contributed by atoms with van der Waals surface area (Å²) in [6.07, 6.45) is 0. The van der Waals surface area contributed by atoms with Gasteiger partial charge in [-0.25, -0.2) is 0 Å². The van der Waals surface area contributed by atoms with Crippen molar-refractivity contribution >= 4 is 61.9 Å². The highest BCUT2D eigenvalue weighted by atomic mass is 79.9. The van der Waals surface area contributed by atoms with Crippen molar-refractivity contribution in [3.63, 3.8) is 0 Å². The fourth-order valence-corrected chi connectivity index (χ4v) is 3.27. The number of benzene rings is 1. The fourth-order valence-electron chi connectivity index (χ4n) is 1.37. The van der Waals surface area contributed by atoms with Crippen LogP contribution < -0.4 is 5.73 Å². The van der Waals surface area contributed by atoms with Crippen LogP contribution in [0.4, 0.5) is 5.69 Å². The molecular weight excluding hydrogens is 345 g/mol. The monoisotopic (exact) mass is 349 g/mol. The summed E-state index contributed by atoms with van der Waals surface area (Å²) in [5, 5.41) is 0. The molecule has 0 atom stereocenters. The molecule has 0 aliphatic rings. The minimum atomic E-state index is -0.197. The van der Waals surface area contributed by atoms with E-state index in [1.54, 1.807) is 24.3 Å². The van der Waals surface area contributed by atoms with Gasteiger partial charge in [0.05, 0.1) is 14.4 Å². The van der Waals surface area contributed by atoms with Gasteiger partial charge in [-0.15, -0.1) is 11.3 Å². The quantitative estimate of drug-likeness (QED) is 0.633. The molecule has 2 aromatic rings. The molecule has 2 N–H and O–H groups in total. The van der Waals surface area contributed by atoms with Crippen LogP contribution in [0, 0.1) is 0 Å². The van der Waals surface area contributed by atoms with Crippen LogP contribution in [0.3, 0.4) is 0 Å². The van der Waals surface area contributed by atoms with Gasteiger partial charge >= 0.3 is 0 Å². The van der Waals surface area contributed by atoms with Gasteiger partial charge in [0.15, 0.2) is 5.78 Å². The van der Waals surface area contributed by atoms with Crippen LogP contribution in [-0.4, -0.2) is 5.78 Å². The normalized spacial score (nSPS) is 10.5. The van der Waals surface area contributed by atoms with Crippen LogP contribution in [-0.2, 0) is 0 Å².